The predicted molar refractivity (Wildman–Crippen MR) is 101 cm³/mol. The number of sulfone groups is 1. The van der Waals surface area contributed by atoms with Crippen LogP contribution < -0.4 is 4.74 Å². The van der Waals surface area contributed by atoms with Crippen LogP contribution in [0.3, 0.4) is 0 Å². The van der Waals surface area contributed by atoms with Crippen LogP contribution in [0.2, 0.25) is 0 Å². The van der Waals surface area contributed by atoms with Crippen LogP contribution in [0.1, 0.15) is 29.3 Å². The monoisotopic (exact) mass is 391 g/mol. The van der Waals surface area contributed by atoms with E-state index in [2.05, 4.69) is 0 Å². The lowest BCUT2D eigenvalue weighted by Gasteiger charge is -2.28. The molecule has 5 nitrogen and oxygen atoms in total. The minimum Gasteiger partial charge on any atom is -0.494 e. The summed E-state index contributed by atoms with van der Waals surface area (Å²) >= 11 is 0. The van der Waals surface area contributed by atoms with Gasteiger partial charge in [0.15, 0.2) is 9.84 Å². The largest absolute Gasteiger partial charge is 0.494 e. The summed E-state index contributed by atoms with van der Waals surface area (Å²) in [6, 6.07) is 12.6. The average molecular weight is 391 g/mol. The van der Waals surface area contributed by atoms with E-state index in [-0.39, 0.29) is 23.6 Å². The second-order valence-electron chi connectivity index (χ2n) is 6.55. The zero-order valence-electron chi connectivity index (χ0n) is 15.1. The zero-order valence-corrected chi connectivity index (χ0v) is 15.9. The smallest absolute Gasteiger partial charge is 0.257 e. The summed E-state index contributed by atoms with van der Waals surface area (Å²) in [5.74, 6) is -0.438. The molecule has 1 atom stereocenters. The number of rotatable bonds is 6. The molecule has 0 saturated carbocycles. The van der Waals surface area contributed by atoms with Gasteiger partial charge in [0.25, 0.3) is 5.91 Å². The third kappa shape index (κ3) is 4.66. The first kappa shape index (κ1) is 19.4. The molecule has 1 unspecified atom stereocenters. The Morgan fingerprint density at radius 2 is 1.89 bits per heavy atom. The molecule has 3 rings (SSSR count). The molecule has 0 radical (unpaired) electrons. The van der Waals surface area contributed by atoms with E-state index in [0.717, 1.165) is 11.3 Å². The predicted octanol–water partition coefficient (Wildman–Crippen LogP) is 3.05. The highest BCUT2D eigenvalue weighted by Crippen LogP contribution is 2.24. The standard InChI is InChI=1S/C20H22FNO4S/c1-2-26-17-9-7-15(8-10-17)13-22(16-11-12-27(24,25)14-16)20(23)18-5-3-4-6-19(18)21/h3-10,16H,2,11-14H2,1H3. The summed E-state index contributed by atoms with van der Waals surface area (Å²) in [6.07, 6.45) is 0.361. The minimum atomic E-state index is -3.18. The lowest BCUT2D eigenvalue weighted by Crippen LogP contribution is -2.41. The summed E-state index contributed by atoms with van der Waals surface area (Å²) in [5.41, 5.74) is 0.778. The fourth-order valence-corrected chi connectivity index (χ4v) is 4.96. The van der Waals surface area contributed by atoms with E-state index in [1.165, 1.54) is 23.1 Å². The number of carbonyl (C=O) groups excluding carboxylic acids is 1. The molecule has 0 aliphatic carbocycles. The molecule has 0 aromatic heterocycles. The highest BCUT2D eigenvalue weighted by Gasteiger charge is 2.35. The first-order chi connectivity index (χ1) is 12.9. The molecule has 7 heteroatoms. The van der Waals surface area contributed by atoms with Gasteiger partial charge in [-0.1, -0.05) is 24.3 Å². The Morgan fingerprint density at radius 1 is 1.19 bits per heavy atom. The van der Waals surface area contributed by atoms with Crippen molar-refractivity contribution in [1.82, 2.24) is 4.90 Å². The van der Waals surface area contributed by atoms with E-state index in [4.69, 9.17) is 4.74 Å². The Balaban J connectivity index is 1.88. The summed E-state index contributed by atoms with van der Waals surface area (Å²) in [5, 5.41) is 0. The van der Waals surface area contributed by atoms with Crippen LogP contribution in [0.5, 0.6) is 5.75 Å². The van der Waals surface area contributed by atoms with Gasteiger partial charge in [-0.15, -0.1) is 0 Å². The Bertz CT molecular complexity index is 912. The summed E-state index contributed by atoms with van der Waals surface area (Å²) in [6.45, 7) is 2.65. The van der Waals surface area contributed by atoms with E-state index in [9.17, 15) is 17.6 Å². The zero-order chi connectivity index (χ0) is 19.4. The topological polar surface area (TPSA) is 63.7 Å². The molecule has 27 heavy (non-hydrogen) atoms. The van der Waals surface area contributed by atoms with E-state index in [1.54, 1.807) is 18.2 Å². The first-order valence-corrected chi connectivity index (χ1v) is 10.7. The van der Waals surface area contributed by atoms with Crippen molar-refractivity contribution < 1.29 is 22.3 Å². The van der Waals surface area contributed by atoms with Crippen molar-refractivity contribution in [3.05, 3.63) is 65.5 Å². The Kier molecular flexibility index (Phi) is 5.79. The number of hydrogen-bond acceptors (Lipinski definition) is 4. The van der Waals surface area contributed by atoms with Crippen molar-refractivity contribution in [1.29, 1.82) is 0 Å². The fraction of sp³-hybridized carbons (Fsp3) is 0.350. The normalized spacial score (nSPS) is 18.2. The van der Waals surface area contributed by atoms with E-state index in [0.29, 0.717) is 13.0 Å². The van der Waals surface area contributed by atoms with E-state index in [1.807, 2.05) is 19.1 Å². The summed E-state index contributed by atoms with van der Waals surface area (Å²) in [7, 11) is -3.18. The second kappa shape index (κ2) is 8.08. The van der Waals surface area contributed by atoms with Crippen LogP contribution >= 0.6 is 0 Å². The molecule has 2 aromatic rings. The van der Waals surface area contributed by atoms with Gasteiger partial charge in [0, 0.05) is 12.6 Å². The maximum atomic E-state index is 14.1. The lowest BCUT2D eigenvalue weighted by atomic mass is 10.1. The van der Waals surface area contributed by atoms with Gasteiger partial charge in [-0.3, -0.25) is 4.79 Å². The van der Waals surface area contributed by atoms with Gasteiger partial charge in [0.2, 0.25) is 0 Å². The number of nitrogens with zero attached hydrogens (tertiary/aromatic N) is 1. The number of ether oxygens (including phenoxy) is 1. The summed E-state index contributed by atoms with van der Waals surface area (Å²) in [4.78, 5) is 14.5. The van der Waals surface area contributed by atoms with Gasteiger partial charge >= 0.3 is 0 Å². The van der Waals surface area contributed by atoms with Crippen LogP contribution in [0.15, 0.2) is 48.5 Å². The van der Waals surface area contributed by atoms with Crippen LogP contribution in [-0.4, -0.2) is 43.4 Å². The number of halogens is 1. The van der Waals surface area contributed by atoms with Crippen molar-refractivity contribution in [3.63, 3.8) is 0 Å². The van der Waals surface area contributed by atoms with Crippen molar-refractivity contribution in [2.24, 2.45) is 0 Å². The first-order valence-electron chi connectivity index (χ1n) is 8.87. The van der Waals surface area contributed by atoms with Crippen LogP contribution in [0.25, 0.3) is 0 Å². The maximum Gasteiger partial charge on any atom is 0.257 e. The number of carbonyl (C=O) groups is 1. The molecule has 1 saturated heterocycles. The third-order valence-electron chi connectivity index (χ3n) is 4.60. The molecule has 1 amide bonds. The van der Waals surface area contributed by atoms with Crippen molar-refractivity contribution in [2.75, 3.05) is 18.1 Å². The van der Waals surface area contributed by atoms with Crippen LogP contribution in [0.4, 0.5) is 4.39 Å². The highest BCUT2D eigenvalue weighted by molar-refractivity contribution is 7.91. The molecule has 0 bridgehead atoms. The van der Waals surface area contributed by atoms with Gasteiger partial charge in [-0.25, -0.2) is 12.8 Å². The van der Waals surface area contributed by atoms with Crippen LogP contribution in [-0.2, 0) is 16.4 Å². The van der Waals surface area contributed by atoms with Crippen LogP contribution in [0, 0.1) is 5.82 Å². The molecule has 0 spiro atoms. The van der Waals surface area contributed by atoms with Gasteiger partial charge in [0.1, 0.15) is 11.6 Å². The third-order valence-corrected chi connectivity index (χ3v) is 6.35. The second-order valence-corrected chi connectivity index (χ2v) is 8.78. The average Bonchev–Trinajstić information content (AvgIpc) is 3.01. The molecular weight excluding hydrogens is 369 g/mol. The lowest BCUT2D eigenvalue weighted by molar-refractivity contribution is 0.0676. The molecular formula is C20H22FNO4S. The quantitative estimate of drug-likeness (QED) is 0.759. The Labute approximate surface area is 158 Å². The molecule has 1 fully saturated rings. The van der Waals surface area contributed by atoms with E-state index >= 15 is 0 Å². The van der Waals surface area contributed by atoms with Gasteiger partial charge in [-0.2, -0.15) is 0 Å². The highest BCUT2D eigenvalue weighted by atomic mass is 32.2. The Morgan fingerprint density at radius 3 is 2.48 bits per heavy atom. The van der Waals surface area contributed by atoms with Gasteiger partial charge < -0.3 is 9.64 Å². The number of amides is 1. The molecule has 1 heterocycles. The summed E-state index contributed by atoms with van der Waals surface area (Å²) < 4.78 is 43.4. The number of benzene rings is 2. The maximum absolute atomic E-state index is 14.1. The number of hydrogen-bond donors (Lipinski definition) is 0. The molecule has 1 aliphatic rings. The minimum absolute atomic E-state index is 0.0436. The molecule has 2 aromatic carbocycles. The Hall–Kier alpha value is -2.41. The molecule has 0 N–H and O–H groups in total. The van der Waals surface area contributed by atoms with E-state index < -0.39 is 27.6 Å². The van der Waals surface area contributed by atoms with Crippen molar-refractivity contribution >= 4 is 15.7 Å². The van der Waals surface area contributed by atoms with Gasteiger partial charge in [-0.05, 0) is 43.2 Å². The SMILES string of the molecule is CCOc1ccc(CN(C(=O)c2ccccc2F)C2CCS(=O)(=O)C2)cc1. The molecule has 1 aliphatic heterocycles. The van der Waals surface area contributed by atoms with Gasteiger partial charge in [0.05, 0.1) is 23.7 Å². The van der Waals surface area contributed by atoms with Crippen molar-refractivity contribution in [3.8, 4) is 5.75 Å². The van der Waals surface area contributed by atoms with Crippen molar-refractivity contribution in [2.45, 2.75) is 25.9 Å². The molecule has 144 valence electrons. The fourth-order valence-electron chi connectivity index (χ4n) is 3.23.